The molecule has 0 fully saturated rings. The van der Waals surface area contributed by atoms with Gasteiger partial charge in [-0.3, -0.25) is 0 Å². The maximum Gasteiger partial charge on any atom is 0.146 e. The fourth-order valence-electron chi connectivity index (χ4n) is 10.8. The number of nitrogens with zero attached hydrogens (tertiary/aromatic N) is 2. The van der Waals surface area contributed by atoms with Crippen LogP contribution in [0.3, 0.4) is 0 Å². The molecule has 0 aliphatic rings. The van der Waals surface area contributed by atoms with Crippen molar-refractivity contribution in [1.29, 1.82) is 0 Å². The number of rotatable bonds is 8. The molecule has 0 aliphatic carbocycles. The molecule has 0 amide bonds. The second-order valence-corrected chi connectivity index (χ2v) is 19.5. The molecule has 0 aliphatic heterocycles. The van der Waals surface area contributed by atoms with Gasteiger partial charge in [0.15, 0.2) is 0 Å². The third-order valence-corrected chi connectivity index (χ3v) is 15.2. The molecule has 0 radical (unpaired) electrons. The summed E-state index contributed by atoms with van der Waals surface area (Å²) < 4.78 is 15.8. The lowest BCUT2D eigenvalue weighted by Gasteiger charge is -2.28. The van der Waals surface area contributed by atoms with Crippen molar-refractivity contribution in [2.45, 2.75) is 13.8 Å². The summed E-state index contributed by atoms with van der Waals surface area (Å²) in [4.78, 5) is 4.81. The molecule has 5 heteroatoms. The SMILES string of the molecule is Cc1ccc(N(c2ccc(-c3ccccc3)cc2)c2cc3c4ccsc4c4cc(N(c5ccc(C)cc5)c5ccc(-c6ccccc6)cc5)c5c6ccccc6oc5c4c3c3oc4ccccc4c23)cc1. The van der Waals surface area contributed by atoms with Crippen LogP contribution in [-0.4, -0.2) is 0 Å². The standard InChI is InChI=1S/C66H44N2O2S/c1-41-21-29-47(30-22-41)67(49-33-25-45(26-34-49)43-13-5-3-6-14-43)56-39-54-51-37-38-71-66(51)55-40-57(68(48-31-23-42(2)24-32-48)50-35-27-46(28-36-50)44-15-7-4-8-16-44)61-53-18-10-12-20-59(53)70-65(61)63(55)62(54)64-60(56)52-17-9-11-19-58(52)69-64/h3-40H,1-2H3. The van der Waals surface area contributed by atoms with Crippen molar-refractivity contribution in [3.05, 3.63) is 241 Å². The van der Waals surface area contributed by atoms with Crippen molar-refractivity contribution < 1.29 is 8.83 Å². The number of para-hydroxylation sites is 2. The minimum Gasteiger partial charge on any atom is -0.455 e. The summed E-state index contributed by atoms with van der Waals surface area (Å²) in [5, 5.41) is 11.9. The molecule has 0 unspecified atom stereocenters. The summed E-state index contributed by atoms with van der Waals surface area (Å²) in [5.41, 5.74) is 16.8. The Balaban J connectivity index is 1.10. The summed E-state index contributed by atoms with van der Waals surface area (Å²) in [6.07, 6.45) is 0. The molecule has 14 rings (SSSR count). The Morgan fingerprint density at radius 2 is 0.704 bits per heavy atom. The van der Waals surface area contributed by atoms with Crippen LogP contribution in [0.4, 0.5) is 34.1 Å². The van der Waals surface area contributed by atoms with Crippen LogP contribution in [-0.2, 0) is 0 Å². The Labute approximate surface area is 414 Å². The lowest BCUT2D eigenvalue weighted by atomic mass is 9.92. The molecule has 3 aromatic heterocycles. The van der Waals surface area contributed by atoms with E-state index in [1.165, 1.54) is 43.5 Å². The largest absolute Gasteiger partial charge is 0.455 e. The minimum absolute atomic E-state index is 0.830. The van der Waals surface area contributed by atoms with Crippen LogP contribution in [0.2, 0.25) is 0 Å². The van der Waals surface area contributed by atoms with Gasteiger partial charge in [0.1, 0.15) is 22.3 Å². The van der Waals surface area contributed by atoms with Gasteiger partial charge in [-0.05, 0) is 126 Å². The monoisotopic (exact) mass is 928 g/mol. The van der Waals surface area contributed by atoms with E-state index in [-0.39, 0.29) is 0 Å². The van der Waals surface area contributed by atoms with Crippen LogP contribution in [0.1, 0.15) is 11.1 Å². The molecule has 0 spiro atoms. The first kappa shape index (κ1) is 41.1. The van der Waals surface area contributed by atoms with Crippen molar-refractivity contribution >= 4 is 121 Å². The smallest absolute Gasteiger partial charge is 0.146 e. The highest BCUT2D eigenvalue weighted by molar-refractivity contribution is 7.18. The normalized spacial score (nSPS) is 11.8. The third-order valence-electron chi connectivity index (χ3n) is 14.2. The first-order chi connectivity index (χ1) is 35.0. The molecule has 0 saturated carbocycles. The average Bonchev–Trinajstić information content (AvgIpc) is 4.19. The van der Waals surface area contributed by atoms with E-state index < -0.39 is 0 Å². The van der Waals surface area contributed by atoms with Gasteiger partial charge in [-0.15, -0.1) is 11.3 Å². The highest BCUT2D eigenvalue weighted by Crippen LogP contribution is 2.54. The first-order valence-corrected chi connectivity index (χ1v) is 25.0. The number of hydrogen-bond acceptors (Lipinski definition) is 5. The van der Waals surface area contributed by atoms with E-state index in [4.69, 9.17) is 8.83 Å². The van der Waals surface area contributed by atoms with E-state index in [1.807, 2.05) is 0 Å². The minimum atomic E-state index is 0.830. The summed E-state index contributed by atoms with van der Waals surface area (Å²) >= 11 is 1.77. The average molecular weight is 929 g/mol. The van der Waals surface area contributed by atoms with Gasteiger partial charge in [0.2, 0.25) is 0 Å². The lowest BCUT2D eigenvalue weighted by Crippen LogP contribution is -2.11. The van der Waals surface area contributed by atoms with Gasteiger partial charge in [0.25, 0.3) is 0 Å². The van der Waals surface area contributed by atoms with E-state index in [9.17, 15) is 0 Å². The molecule has 336 valence electrons. The van der Waals surface area contributed by atoms with Gasteiger partial charge in [-0.1, -0.05) is 157 Å². The van der Waals surface area contributed by atoms with Gasteiger partial charge in [-0.2, -0.15) is 0 Å². The summed E-state index contributed by atoms with van der Waals surface area (Å²) in [7, 11) is 0. The molecule has 4 nitrogen and oxygen atoms in total. The zero-order valence-corrected chi connectivity index (χ0v) is 39.9. The quantitative estimate of drug-likeness (QED) is 0.142. The Kier molecular flexibility index (Phi) is 9.48. The second-order valence-electron chi connectivity index (χ2n) is 18.6. The van der Waals surface area contributed by atoms with E-state index in [2.05, 4.69) is 253 Å². The highest BCUT2D eigenvalue weighted by Gasteiger charge is 2.29. The first-order valence-electron chi connectivity index (χ1n) is 24.1. The van der Waals surface area contributed by atoms with Crippen molar-refractivity contribution in [3.8, 4) is 22.3 Å². The second kappa shape index (κ2) is 16.4. The summed E-state index contributed by atoms with van der Waals surface area (Å²) in [6.45, 7) is 4.29. The predicted molar refractivity (Wildman–Crippen MR) is 301 cm³/mol. The number of anilines is 6. The highest BCUT2D eigenvalue weighted by atomic mass is 32.1. The fourth-order valence-corrected chi connectivity index (χ4v) is 11.8. The van der Waals surface area contributed by atoms with Crippen LogP contribution >= 0.6 is 11.3 Å². The van der Waals surface area contributed by atoms with Crippen molar-refractivity contribution in [3.63, 3.8) is 0 Å². The molecule has 0 atom stereocenters. The van der Waals surface area contributed by atoms with E-state index in [1.54, 1.807) is 11.3 Å². The number of furan rings is 2. The molecular formula is C66H44N2O2S. The molecule has 71 heavy (non-hydrogen) atoms. The van der Waals surface area contributed by atoms with Crippen molar-refractivity contribution in [2.24, 2.45) is 0 Å². The van der Waals surface area contributed by atoms with Crippen molar-refractivity contribution in [2.75, 3.05) is 9.80 Å². The zero-order valence-electron chi connectivity index (χ0n) is 39.1. The molecule has 0 N–H and O–H groups in total. The molecule has 0 saturated heterocycles. The van der Waals surface area contributed by atoms with Gasteiger partial charge in [-0.25, -0.2) is 0 Å². The van der Waals surface area contributed by atoms with Gasteiger partial charge < -0.3 is 18.6 Å². The Morgan fingerprint density at radius 3 is 1.17 bits per heavy atom. The van der Waals surface area contributed by atoms with E-state index in [0.717, 1.165) is 99.5 Å². The fraction of sp³-hybridized carbons (Fsp3) is 0.0303. The Hall–Kier alpha value is -8.90. The number of hydrogen-bond donors (Lipinski definition) is 0. The summed E-state index contributed by atoms with van der Waals surface area (Å²) in [5.74, 6) is 0. The van der Waals surface area contributed by atoms with Crippen LogP contribution < -0.4 is 9.80 Å². The van der Waals surface area contributed by atoms with Gasteiger partial charge in [0.05, 0.1) is 22.1 Å². The Bertz CT molecular complexity index is 4040. The number of aryl methyl sites for hydroxylation is 2. The maximum atomic E-state index is 7.28. The van der Waals surface area contributed by atoms with Gasteiger partial charge >= 0.3 is 0 Å². The van der Waals surface area contributed by atoms with Crippen LogP contribution in [0.15, 0.2) is 239 Å². The molecule has 14 aromatic rings. The number of fused-ring (bicyclic) bond motifs is 14. The molecule has 0 bridgehead atoms. The number of thiophene rings is 1. The van der Waals surface area contributed by atoms with Crippen LogP contribution in [0.5, 0.6) is 0 Å². The lowest BCUT2D eigenvalue weighted by molar-refractivity contribution is 0.670. The topological polar surface area (TPSA) is 32.8 Å². The zero-order chi connectivity index (χ0) is 47.2. The van der Waals surface area contributed by atoms with Crippen molar-refractivity contribution in [1.82, 2.24) is 0 Å². The van der Waals surface area contributed by atoms with Crippen LogP contribution in [0.25, 0.3) is 97.8 Å². The molecular weight excluding hydrogens is 885 g/mol. The Morgan fingerprint density at radius 1 is 0.324 bits per heavy atom. The predicted octanol–water partition coefficient (Wildman–Crippen LogP) is 19.9. The van der Waals surface area contributed by atoms with E-state index >= 15 is 0 Å². The number of benzene rings is 11. The third kappa shape index (κ3) is 6.65. The van der Waals surface area contributed by atoms with Crippen LogP contribution in [0, 0.1) is 13.8 Å². The van der Waals surface area contributed by atoms with E-state index in [0.29, 0.717) is 0 Å². The maximum absolute atomic E-state index is 7.28. The molecule has 11 aromatic carbocycles. The van der Waals surface area contributed by atoms with Gasteiger partial charge in [0, 0.05) is 59.8 Å². The summed E-state index contributed by atoms with van der Waals surface area (Å²) in [6, 6.07) is 80.9. The molecule has 3 heterocycles.